The van der Waals surface area contributed by atoms with E-state index < -0.39 is 28.8 Å². The molecule has 2 aromatic heterocycles. The predicted molar refractivity (Wildman–Crippen MR) is 147 cm³/mol. The Morgan fingerprint density at radius 1 is 1.10 bits per heavy atom. The number of aliphatic hydroxyl groups excluding tert-OH is 1. The normalized spacial score (nSPS) is 19.0. The van der Waals surface area contributed by atoms with Gasteiger partial charge in [0.25, 0.3) is 11.8 Å². The van der Waals surface area contributed by atoms with Gasteiger partial charge in [-0.2, -0.15) is 13.2 Å². The van der Waals surface area contributed by atoms with Gasteiger partial charge in [0.2, 0.25) is 0 Å². The van der Waals surface area contributed by atoms with Gasteiger partial charge in [-0.1, -0.05) is 30.1 Å². The Kier molecular flexibility index (Phi) is 9.77. The van der Waals surface area contributed by atoms with E-state index in [1.54, 1.807) is 4.90 Å². The molecule has 0 spiro atoms. The number of carbonyl (C=O) groups excluding carboxylic acids is 2. The van der Waals surface area contributed by atoms with Crippen molar-refractivity contribution >= 4 is 46.7 Å². The molecule has 16 heteroatoms. The molecule has 0 unspecified atom stereocenters. The van der Waals surface area contributed by atoms with Crippen LogP contribution in [0.2, 0.25) is 10.3 Å². The van der Waals surface area contributed by atoms with Crippen molar-refractivity contribution in [1.29, 1.82) is 0 Å². The fraction of sp³-hybridized carbons (Fsp3) is 0.560. The van der Waals surface area contributed by atoms with Gasteiger partial charge >= 0.3 is 6.18 Å². The number of nitrogens with two attached hydrogens (primary N) is 1. The molecule has 224 valence electrons. The molecule has 2 aliphatic rings. The molecule has 4 heterocycles. The summed E-state index contributed by atoms with van der Waals surface area (Å²) in [6, 6.07) is 2.20. The molecule has 0 saturated carbocycles. The number of aliphatic hydroxyl groups is 1. The fourth-order valence-corrected chi connectivity index (χ4v) is 5.75. The number of halogens is 5. The summed E-state index contributed by atoms with van der Waals surface area (Å²) in [6.07, 6.45) is -2.42. The Morgan fingerprint density at radius 3 is 2.41 bits per heavy atom. The maximum atomic E-state index is 13.0. The zero-order valence-electron chi connectivity index (χ0n) is 22.3. The van der Waals surface area contributed by atoms with Crippen molar-refractivity contribution in [3.05, 3.63) is 39.4 Å². The van der Waals surface area contributed by atoms with Crippen molar-refractivity contribution in [1.82, 2.24) is 30.1 Å². The average molecular weight is 619 g/mol. The third kappa shape index (κ3) is 6.93. The number of nitrogen functional groups attached to an aromatic ring is 1. The van der Waals surface area contributed by atoms with Gasteiger partial charge in [0.05, 0.1) is 12.2 Å². The lowest BCUT2D eigenvalue weighted by Crippen LogP contribution is -2.58. The lowest BCUT2D eigenvalue weighted by molar-refractivity contribution is -0.141. The minimum Gasteiger partial charge on any atom is -0.395 e. The van der Waals surface area contributed by atoms with Crippen LogP contribution in [-0.2, 0) is 6.18 Å². The summed E-state index contributed by atoms with van der Waals surface area (Å²) in [4.78, 5) is 43.1. The van der Waals surface area contributed by atoms with E-state index in [2.05, 4.69) is 32.1 Å². The van der Waals surface area contributed by atoms with Gasteiger partial charge < -0.3 is 26.0 Å². The molecule has 0 aliphatic carbocycles. The van der Waals surface area contributed by atoms with E-state index in [1.807, 2.05) is 4.90 Å². The van der Waals surface area contributed by atoms with Crippen molar-refractivity contribution in [2.45, 2.75) is 44.4 Å². The number of rotatable bonds is 7. The number of piperidine rings is 1. The van der Waals surface area contributed by atoms with Crippen LogP contribution in [0.4, 0.5) is 24.8 Å². The van der Waals surface area contributed by atoms with E-state index in [1.165, 1.54) is 0 Å². The van der Waals surface area contributed by atoms with E-state index in [4.69, 9.17) is 34.0 Å². The van der Waals surface area contributed by atoms with Crippen LogP contribution in [0.3, 0.4) is 0 Å². The molecule has 0 radical (unpaired) electrons. The molecule has 4 N–H and O–H groups in total. The smallest absolute Gasteiger partial charge is 0.395 e. The highest BCUT2D eigenvalue weighted by Gasteiger charge is 2.37. The first-order valence-corrected chi connectivity index (χ1v) is 14.0. The van der Waals surface area contributed by atoms with E-state index in [0.717, 1.165) is 18.6 Å². The predicted octanol–water partition coefficient (Wildman–Crippen LogP) is 2.71. The van der Waals surface area contributed by atoms with Crippen molar-refractivity contribution in [2.24, 2.45) is 0 Å². The van der Waals surface area contributed by atoms with Crippen LogP contribution in [0, 0.1) is 0 Å². The highest BCUT2D eigenvalue weighted by atomic mass is 35.5. The van der Waals surface area contributed by atoms with Crippen molar-refractivity contribution in [3.8, 4) is 0 Å². The van der Waals surface area contributed by atoms with Gasteiger partial charge in [0.1, 0.15) is 10.8 Å². The molecule has 4 rings (SSSR count). The number of hydrogen-bond acceptors (Lipinski definition) is 9. The number of likely N-dealkylation sites (tertiary alicyclic amines) is 1. The van der Waals surface area contributed by atoms with E-state index in [0.29, 0.717) is 51.4 Å². The number of nitrogens with zero attached hydrogens (tertiary/aromatic N) is 6. The van der Waals surface area contributed by atoms with Crippen LogP contribution in [0.25, 0.3) is 0 Å². The minimum absolute atomic E-state index is 0.0482. The molecule has 0 bridgehead atoms. The van der Waals surface area contributed by atoms with Crippen molar-refractivity contribution in [2.75, 3.05) is 56.5 Å². The lowest BCUT2D eigenvalue weighted by atomic mass is 9.97. The third-order valence-electron chi connectivity index (χ3n) is 7.37. The first-order chi connectivity index (χ1) is 19.4. The summed E-state index contributed by atoms with van der Waals surface area (Å²) in [6.45, 7) is 4.66. The molecular formula is C25H31Cl2F3N8O3. The van der Waals surface area contributed by atoms with E-state index in [-0.39, 0.29) is 47.5 Å². The van der Waals surface area contributed by atoms with Gasteiger partial charge in [-0.15, -0.1) is 0 Å². The standard InChI is InChI=1S/C25H31Cl2F3N8O3/c1-2-14-13-37(22-20(27)34-18(21(31)35-22)23(40)32-7-12-39)10-11-38(14)15-5-8-36(9-6-15)24(41)16-3-4-17(25(28,29)30)33-19(16)26/h3-4,14-15,39H,2,5-13H2,1H3,(H2,31,35)(H,32,40)/t14-/m0/s1. The monoisotopic (exact) mass is 618 g/mol. The number of carbonyl (C=O) groups is 2. The summed E-state index contributed by atoms with van der Waals surface area (Å²) in [5, 5.41) is 11.0. The fourth-order valence-electron chi connectivity index (χ4n) is 5.27. The zero-order valence-corrected chi connectivity index (χ0v) is 23.8. The van der Waals surface area contributed by atoms with Gasteiger partial charge in [0, 0.05) is 51.4 Å². The number of hydrogen-bond donors (Lipinski definition) is 3. The Balaban J connectivity index is 1.38. The van der Waals surface area contributed by atoms with E-state index >= 15 is 0 Å². The molecule has 0 aromatic carbocycles. The van der Waals surface area contributed by atoms with Crippen molar-refractivity contribution in [3.63, 3.8) is 0 Å². The second-order valence-corrected chi connectivity index (χ2v) is 10.6. The number of nitrogens with one attached hydrogen (secondary N) is 1. The Bertz CT molecular complexity index is 1280. The summed E-state index contributed by atoms with van der Waals surface area (Å²) in [7, 11) is 0. The maximum absolute atomic E-state index is 13.0. The van der Waals surface area contributed by atoms with Gasteiger partial charge in [-0.25, -0.2) is 15.0 Å². The number of amides is 2. The van der Waals surface area contributed by atoms with Crippen LogP contribution in [0.15, 0.2) is 12.1 Å². The quantitative estimate of drug-likeness (QED) is 0.399. The molecule has 11 nitrogen and oxygen atoms in total. The topological polar surface area (TPSA) is 141 Å². The zero-order chi connectivity index (χ0) is 29.9. The second kappa shape index (κ2) is 12.9. The first-order valence-electron chi connectivity index (χ1n) is 13.2. The van der Waals surface area contributed by atoms with Crippen LogP contribution >= 0.6 is 23.2 Å². The number of aromatic nitrogens is 3. The molecule has 1 atom stereocenters. The highest BCUT2D eigenvalue weighted by Crippen LogP contribution is 2.32. The molecule has 2 fully saturated rings. The van der Waals surface area contributed by atoms with Gasteiger partial charge in [-0.3, -0.25) is 14.5 Å². The van der Waals surface area contributed by atoms with Crippen LogP contribution in [-0.4, -0.2) is 99.6 Å². The Hall–Kier alpha value is -2.94. The number of alkyl halides is 3. The lowest BCUT2D eigenvalue weighted by Gasteiger charge is -2.47. The summed E-state index contributed by atoms with van der Waals surface area (Å²) < 4.78 is 38.7. The molecule has 2 saturated heterocycles. The van der Waals surface area contributed by atoms with Crippen LogP contribution in [0.1, 0.15) is 52.7 Å². The Labute approximate surface area is 244 Å². The molecular weight excluding hydrogens is 588 g/mol. The number of anilines is 2. The summed E-state index contributed by atoms with van der Waals surface area (Å²) in [5.74, 6) is -0.680. The molecule has 41 heavy (non-hydrogen) atoms. The van der Waals surface area contributed by atoms with Gasteiger partial charge in [-0.05, 0) is 31.4 Å². The molecule has 2 aliphatic heterocycles. The highest BCUT2D eigenvalue weighted by molar-refractivity contribution is 6.32. The second-order valence-electron chi connectivity index (χ2n) is 9.85. The summed E-state index contributed by atoms with van der Waals surface area (Å²) in [5.41, 5.74) is 4.71. The minimum atomic E-state index is -4.64. The van der Waals surface area contributed by atoms with Gasteiger partial charge in [0.15, 0.2) is 22.5 Å². The third-order valence-corrected chi connectivity index (χ3v) is 7.91. The largest absolute Gasteiger partial charge is 0.433 e. The summed E-state index contributed by atoms with van der Waals surface area (Å²) >= 11 is 12.3. The van der Waals surface area contributed by atoms with Crippen molar-refractivity contribution < 1.29 is 27.9 Å². The van der Waals surface area contributed by atoms with Crippen LogP contribution in [0.5, 0.6) is 0 Å². The molecule has 2 amide bonds. The first kappa shape index (κ1) is 31.0. The molecule has 2 aromatic rings. The maximum Gasteiger partial charge on any atom is 0.433 e. The Morgan fingerprint density at radius 2 is 1.80 bits per heavy atom. The SMILES string of the molecule is CC[C@H]1CN(c2nc(N)c(C(=O)NCCO)nc2Cl)CCN1C1CCN(C(=O)c2ccc(C(F)(F)F)nc2Cl)CC1. The number of piperazine rings is 1. The van der Waals surface area contributed by atoms with Crippen LogP contribution < -0.4 is 16.0 Å². The number of pyridine rings is 1. The van der Waals surface area contributed by atoms with E-state index in [9.17, 15) is 22.8 Å². The average Bonchev–Trinajstić information content (AvgIpc) is 2.95.